The molecule has 3 aromatic rings. The maximum Gasteiger partial charge on any atom is 0.259 e. The van der Waals surface area contributed by atoms with Gasteiger partial charge in [0.1, 0.15) is 0 Å². The average Bonchev–Trinajstić information content (AvgIpc) is 2.69. The van der Waals surface area contributed by atoms with Gasteiger partial charge in [0.25, 0.3) is 5.56 Å². The number of methoxy groups -OCH3 is 2. The first kappa shape index (κ1) is 19.6. The van der Waals surface area contributed by atoms with Gasteiger partial charge in [-0.1, -0.05) is 17.7 Å². The van der Waals surface area contributed by atoms with E-state index in [0.29, 0.717) is 40.3 Å². The van der Waals surface area contributed by atoms with Crippen molar-refractivity contribution in [1.82, 2.24) is 9.97 Å². The molecule has 0 fully saturated rings. The predicted octanol–water partition coefficient (Wildman–Crippen LogP) is 3.78. The Labute approximate surface area is 166 Å². The topological polar surface area (TPSA) is 93.7 Å². The first-order chi connectivity index (χ1) is 13.5. The van der Waals surface area contributed by atoms with E-state index in [4.69, 9.17) is 25.8 Å². The molecule has 0 unspecified atom stereocenters. The Hall–Kier alpha value is -3.19. The summed E-state index contributed by atoms with van der Waals surface area (Å²) in [7, 11) is 3.00. The summed E-state index contributed by atoms with van der Waals surface area (Å²) in [6.45, 7) is 2.24. The van der Waals surface area contributed by atoms with Gasteiger partial charge >= 0.3 is 0 Å². The van der Waals surface area contributed by atoms with Crippen LogP contribution < -0.4 is 19.8 Å². The van der Waals surface area contributed by atoms with Crippen molar-refractivity contribution < 1.29 is 19.3 Å². The van der Waals surface area contributed by atoms with Crippen LogP contribution in [0.2, 0.25) is 0 Å². The summed E-state index contributed by atoms with van der Waals surface area (Å²) in [6.07, 6.45) is 1.62. The standard InChI is InChI=1S/C20H19ClN2O5/c1-4-28-16-8-11(5-6-15(16)24)7-13(21)19-22-14-10-18(27-3)17(26-2)9-12(14)20(25)23-19/h5-10,24H,4H2,1-3H3,(H,22,23,25). The van der Waals surface area contributed by atoms with Gasteiger partial charge in [0, 0.05) is 6.07 Å². The van der Waals surface area contributed by atoms with Gasteiger partial charge in [-0.3, -0.25) is 4.79 Å². The number of nitrogens with one attached hydrogen (secondary N) is 1. The van der Waals surface area contributed by atoms with E-state index in [2.05, 4.69) is 9.97 Å². The van der Waals surface area contributed by atoms with Crippen LogP contribution in [-0.4, -0.2) is 35.9 Å². The molecule has 1 aromatic heterocycles. The van der Waals surface area contributed by atoms with E-state index in [1.807, 2.05) is 6.92 Å². The third-order valence-corrected chi connectivity index (χ3v) is 4.30. The highest BCUT2D eigenvalue weighted by Crippen LogP contribution is 2.31. The van der Waals surface area contributed by atoms with Crippen LogP contribution in [0.15, 0.2) is 35.1 Å². The van der Waals surface area contributed by atoms with Crippen LogP contribution in [0.5, 0.6) is 23.0 Å². The zero-order chi connectivity index (χ0) is 20.3. The Kier molecular flexibility index (Phi) is 5.75. The summed E-state index contributed by atoms with van der Waals surface area (Å²) in [5, 5.41) is 10.4. The highest BCUT2D eigenvalue weighted by molar-refractivity contribution is 6.50. The quantitative estimate of drug-likeness (QED) is 0.651. The van der Waals surface area contributed by atoms with Crippen molar-refractivity contribution in [2.45, 2.75) is 6.92 Å². The molecule has 0 spiro atoms. The second-order valence-corrected chi connectivity index (χ2v) is 6.20. The lowest BCUT2D eigenvalue weighted by Gasteiger charge is -2.09. The summed E-state index contributed by atoms with van der Waals surface area (Å²) < 4.78 is 15.9. The lowest BCUT2D eigenvalue weighted by molar-refractivity contribution is 0.318. The Balaban J connectivity index is 2.06. The summed E-state index contributed by atoms with van der Waals surface area (Å²) in [6, 6.07) is 8.01. The van der Waals surface area contributed by atoms with Crippen molar-refractivity contribution in [2.75, 3.05) is 20.8 Å². The molecule has 1 heterocycles. The second-order valence-electron chi connectivity index (χ2n) is 5.79. The minimum absolute atomic E-state index is 0.0356. The summed E-state index contributed by atoms with van der Waals surface area (Å²) >= 11 is 6.38. The number of rotatable bonds is 6. The first-order valence-corrected chi connectivity index (χ1v) is 8.84. The van der Waals surface area contributed by atoms with Crippen LogP contribution in [0.4, 0.5) is 0 Å². The van der Waals surface area contributed by atoms with Crippen LogP contribution in [0.3, 0.4) is 0 Å². The lowest BCUT2D eigenvalue weighted by Crippen LogP contribution is -2.11. The molecule has 0 bridgehead atoms. The van der Waals surface area contributed by atoms with Crippen LogP contribution in [0, 0.1) is 0 Å². The van der Waals surface area contributed by atoms with Gasteiger partial charge in [0.15, 0.2) is 28.8 Å². The molecular weight excluding hydrogens is 384 g/mol. The van der Waals surface area contributed by atoms with Crippen LogP contribution >= 0.6 is 11.6 Å². The van der Waals surface area contributed by atoms with Crippen molar-refractivity contribution in [3.8, 4) is 23.0 Å². The third-order valence-electron chi connectivity index (χ3n) is 4.01. The molecule has 3 rings (SSSR count). The van der Waals surface area contributed by atoms with Gasteiger partial charge in [0.2, 0.25) is 0 Å². The largest absolute Gasteiger partial charge is 0.504 e. The average molecular weight is 403 g/mol. The van der Waals surface area contributed by atoms with Gasteiger partial charge in [-0.2, -0.15) is 0 Å². The molecule has 28 heavy (non-hydrogen) atoms. The number of aromatic amines is 1. The Morgan fingerprint density at radius 2 is 1.89 bits per heavy atom. The SMILES string of the molecule is CCOc1cc(C=C(Cl)c2nc3cc(OC)c(OC)cc3c(=O)[nH]2)ccc1O. The van der Waals surface area contributed by atoms with Gasteiger partial charge in [-0.25, -0.2) is 4.98 Å². The predicted molar refractivity (Wildman–Crippen MR) is 108 cm³/mol. The highest BCUT2D eigenvalue weighted by Gasteiger charge is 2.12. The van der Waals surface area contributed by atoms with Crippen LogP contribution in [0.1, 0.15) is 18.3 Å². The third kappa shape index (κ3) is 3.89. The molecule has 0 atom stereocenters. The molecule has 8 heteroatoms. The number of hydrogen-bond donors (Lipinski definition) is 2. The summed E-state index contributed by atoms with van der Waals surface area (Å²) in [5.41, 5.74) is 0.748. The zero-order valence-corrected chi connectivity index (χ0v) is 16.3. The van der Waals surface area contributed by atoms with Crippen LogP contribution in [0.25, 0.3) is 22.0 Å². The number of halogens is 1. The molecule has 0 saturated carbocycles. The maximum atomic E-state index is 12.5. The number of phenols is 1. The molecule has 2 aromatic carbocycles. The molecular formula is C20H19ClN2O5. The van der Waals surface area contributed by atoms with E-state index in [1.165, 1.54) is 20.3 Å². The van der Waals surface area contributed by atoms with E-state index in [-0.39, 0.29) is 22.2 Å². The van der Waals surface area contributed by atoms with E-state index in [0.717, 1.165) is 0 Å². The normalized spacial score (nSPS) is 11.5. The van der Waals surface area contributed by atoms with Gasteiger partial charge in [-0.15, -0.1) is 0 Å². The molecule has 0 saturated heterocycles. The number of ether oxygens (including phenoxy) is 3. The fraction of sp³-hybridized carbons (Fsp3) is 0.200. The Bertz CT molecular complexity index is 1110. The minimum Gasteiger partial charge on any atom is -0.504 e. The van der Waals surface area contributed by atoms with Gasteiger partial charge in [0.05, 0.1) is 36.8 Å². The zero-order valence-electron chi connectivity index (χ0n) is 15.6. The molecule has 7 nitrogen and oxygen atoms in total. The van der Waals surface area contributed by atoms with E-state index >= 15 is 0 Å². The second kappa shape index (κ2) is 8.22. The number of fused-ring (bicyclic) bond motifs is 1. The maximum absolute atomic E-state index is 12.5. The molecule has 0 amide bonds. The molecule has 0 aliphatic rings. The Morgan fingerprint density at radius 3 is 2.57 bits per heavy atom. The number of aromatic nitrogens is 2. The van der Waals surface area contributed by atoms with E-state index < -0.39 is 0 Å². The van der Waals surface area contributed by atoms with Crippen LogP contribution in [-0.2, 0) is 0 Å². The van der Waals surface area contributed by atoms with Crippen molar-refractivity contribution in [3.05, 3.63) is 52.1 Å². The van der Waals surface area contributed by atoms with Crippen molar-refractivity contribution >= 4 is 33.6 Å². The van der Waals surface area contributed by atoms with E-state index in [9.17, 15) is 9.90 Å². The smallest absolute Gasteiger partial charge is 0.259 e. The number of phenolic OH excluding ortho intramolecular Hbond substituents is 1. The molecule has 0 aliphatic heterocycles. The number of benzene rings is 2. The van der Waals surface area contributed by atoms with E-state index in [1.54, 1.807) is 30.3 Å². The van der Waals surface area contributed by atoms with Crippen molar-refractivity contribution in [3.63, 3.8) is 0 Å². The summed E-state index contributed by atoms with van der Waals surface area (Å²) in [5.74, 6) is 1.48. The highest BCUT2D eigenvalue weighted by atomic mass is 35.5. The Morgan fingerprint density at radius 1 is 1.18 bits per heavy atom. The fourth-order valence-corrected chi connectivity index (χ4v) is 2.90. The minimum atomic E-state index is -0.354. The molecule has 0 radical (unpaired) electrons. The number of H-pyrrole nitrogens is 1. The molecule has 2 N–H and O–H groups in total. The van der Waals surface area contributed by atoms with Gasteiger partial charge in [-0.05, 0) is 36.8 Å². The number of nitrogens with zero attached hydrogens (tertiary/aromatic N) is 1. The molecule has 146 valence electrons. The van der Waals surface area contributed by atoms with Gasteiger partial charge < -0.3 is 24.3 Å². The number of hydrogen-bond acceptors (Lipinski definition) is 6. The lowest BCUT2D eigenvalue weighted by atomic mass is 10.1. The summed E-state index contributed by atoms with van der Waals surface area (Å²) in [4.78, 5) is 19.6. The fourth-order valence-electron chi connectivity index (χ4n) is 2.69. The van der Waals surface area contributed by atoms with Crippen molar-refractivity contribution in [1.29, 1.82) is 0 Å². The first-order valence-electron chi connectivity index (χ1n) is 8.46. The number of aromatic hydroxyl groups is 1. The molecule has 0 aliphatic carbocycles. The van der Waals surface area contributed by atoms with Crippen molar-refractivity contribution in [2.24, 2.45) is 0 Å². The monoisotopic (exact) mass is 402 g/mol.